The topological polar surface area (TPSA) is 45.2 Å². The van der Waals surface area contributed by atoms with Crippen molar-refractivity contribution in [2.75, 3.05) is 13.1 Å². The monoisotopic (exact) mass is 355 g/mol. The maximum Gasteiger partial charge on any atom is 0.223 e. The van der Waals surface area contributed by atoms with Crippen molar-refractivity contribution in [2.45, 2.75) is 44.7 Å². The maximum absolute atomic E-state index is 11.9. The highest BCUT2D eigenvalue weighted by molar-refractivity contribution is 7.09. The molecule has 132 valence electrons. The van der Waals surface area contributed by atoms with Crippen molar-refractivity contribution in [3.8, 4) is 0 Å². The zero-order valence-electron chi connectivity index (χ0n) is 14.5. The van der Waals surface area contributed by atoms with E-state index >= 15 is 0 Å². The summed E-state index contributed by atoms with van der Waals surface area (Å²) in [4.78, 5) is 19.1. The van der Waals surface area contributed by atoms with Gasteiger partial charge in [0.15, 0.2) is 0 Å². The average molecular weight is 356 g/mol. The number of carbonyl (C=O) groups excluding carboxylic acids is 1. The summed E-state index contributed by atoms with van der Waals surface area (Å²) in [6.45, 7) is 3.01. The van der Waals surface area contributed by atoms with E-state index in [9.17, 15) is 4.79 Å². The number of nitrogens with one attached hydrogen (secondary N) is 1. The molecule has 2 aliphatic rings. The van der Waals surface area contributed by atoms with Gasteiger partial charge in [0, 0.05) is 43.4 Å². The Hall–Kier alpha value is -1.72. The van der Waals surface area contributed by atoms with E-state index in [1.54, 1.807) is 11.3 Å². The van der Waals surface area contributed by atoms with Crippen LogP contribution < -0.4 is 5.32 Å². The summed E-state index contributed by atoms with van der Waals surface area (Å²) in [6.07, 6.45) is 5.19. The van der Waals surface area contributed by atoms with Gasteiger partial charge in [0.1, 0.15) is 0 Å². The Bertz CT molecular complexity index is 703. The lowest BCUT2D eigenvalue weighted by molar-refractivity contribution is -0.123. The van der Waals surface area contributed by atoms with Crippen LogP contribution in [0.1, 0.15) is 41.9 Å². The number of likely N-dealkylation sites (tertiary alicyclic amines) is 1. The molecule has 2 fully saturated rings. The normalized spacial score (nSPS) is 19.0. The molecule has 2 heterocycles. The van der Waals surface area contributed by atoms with Crippen molar-refractivity contribution in [2.24, 2.45) is 5.92 Å². The summed E-state index contributed by atoms with van der Waals surface area (Å²) < 4.78 is 0. The second kappa shape index (κ2) is 7.67. The van der Waals surface area contributed by atoms with Crippen LogP contribution in [0.4, 0.5) is 0 Å². The van der Waals surface area contributed by atoms with Crippen LogP contribution in [0, 0.1) is 5.92 Å². The first-order chi connectivity index (χ1) is 12.3. The zero-order chi connectivity index (χ0) is 17.1. The number of nitrogens with zero attached hydrogens (tertiary/aromatic N) is 2. The SMILES string of the molecule is O=C(NC1CCN(Cc2csc(Cc3ccccc3)n2)CC1)C1CC1. The molecule has 0 spiro atoms. The Morgan fingerprint density at radius 2 is 1.92 bits per heavy atom. The van der Waals surface area contributed by atoms with Crippen LogP contribution >= 0.6 is 11.3 Å². The summed E-state index contributed by atoms with van der Waals surface area (Å²) in [5, 5.41) is 6.60. The molecule has 1 aromatic carbocycles. The number of rotatable bonds is 6. The van der Waals surface area contributed by atoms with E-state index in [2.05, 4.69) is 39.9 Å². The second-order valence-electron chi connectivity index (χ2n) is 7.23. The van der Waals surface area contributed by atoms with E-state index in [0.717, 1.165) is 51.7 Å². The minimum atomic E-state index is 0.281. The van der Waals surface area contributed by atoms with Crippen LogP contribution in [0.15, 0.2) is 35.7 Å². The molecule has 0 radical (unpaired) electrons. The van der Waals surface area contributed by atoms with Crippen LogP contribution in [-0.2, 0) is 17.8 Å². The first kappa shape index (κ1) is 16.7. The van der Waals surface area contributed by atoms with Gasteiger partial charge >= 0.3 is 0 Å². The third kappa shape index (κ3) is 4.67. The third-order valence-electron chi connectivity index (χ3n) is 5.07. The minimum Gasteiger partial charge on any atom is -0.353 e. The Labute approximate surface area is 153 Å². The molecular weight excluding hydrogens is 330 g/mol. The largest absolute Gasteiger partial charge is 0.353 e. The smallest absolute Gasteiger partial charge is 0.223 e. The van der Waals surface area contributed by atoms with Crippen molar-refractivity contribution in [3.05, 3.63) is 52.0 Å². The fraction of sp³-hybridized carbons (Fsp3) is 0.500. The fourth-order valence-corrected chi connectivity index (χ4v) is 4.22. The number of carbonyl (C=O) groups is 1. The lowest BCUT2D eigenvalue weighted by Gasteiger charge is -2.31. The summed E-state index contributed by atoms with van der Waals surface area (Å²) in [5.41, 5.74) is 2.49. The van der Waals surface area contributed by atoms with Crippen LogP contribution in [0.25, 0.3) is 0 Å². The average Bonchev–Trinajstić information content (AvgIpc) is 3.40. The highest BCUT2D eigenvalue weighted by Gasteiger charge is 2.31. The minimum absolute atomic E-state index is 0.281. The van der Waals surface area contributed by atoms with E-state index in [1.165, 1.54) is 16.3 Å². The summed E-state index contributed by atoms with van der Waals surface area (Å²) in [6, 6.07) is 10.9. The molecule has 5 heteroatoms. The Morgan fingerprint density at radius 1 is 1.16 bits per heavy atom. The van der Waals surface area contributed by atoms with Crippen molar-refractivity contribution in [3.63, 3.8) is 0 Å². The van der Waals surface area contributed by atoms with Crippen LogP contribution in [-0.4, -0.2) is 34.9 Å². The van der Waals surface area contributed by atoms with E-state index in [-0.39, 0.29) is 5.91 Å². The number of aromatic nitrogens is 1. The molecule has 1 aliphatic carbocycles. The van der Waals surface area contributed by atoms with Crippen molar-refractivity contribution >= 4 is 17.2 Å². The molecule has 2 aromatic rings. The van der Waals surface area contributed by atoms with Crippen molar-refractivity contribution in [1.29, 1.82) is 0 Å². The molecule has 1 amide bonds. The number of piperidine rings is 1. The Balaban J connectivity index is 1.24. The standard InChI is InChI=1S/C20H25N3OS/c24-20(16-6-7-16)22-17-8-10-23(11-9-17)13-18-14-25-19(21-18)12-15-4-2-1-3-5-15/h1-5,14,16-17H,6-13H2,(H,22,24). The Kier molecular flexibility index (Phi) is 5.13. The zero-order valence-corrected chi connectivity index (χ0v) is 15.3. The van der Waals surface area contributed by atoms with Crippen LogP contribution in [0.3, 0.4) is 0 Å². The van der Waals surface area contributed by atoms with Gasteiger partial charge in [-0.25, -0.2) is 4.98 Å². The van der Waals surface area contributed by atoms with Crippen molar-refractivity contribution < 1.29 is 4.79 Å². The number of thiazole rings is 1. The number of hydrogen-bond donors (Lipinski definition) is 1. The predicted octanol–water partition coefficient (Wildman–Crippen LogP) is 3.22. The van der Waals surface area contributed by atoms with Crippen molar-refractivity contribution in [1.82, 2.24) is 15.2 Å². The van der Waals surface area contributed by atoms with Gasteiger partial charge in [-0.3, -0.25) is 9.69 Å². The van der Waals surface area contributed by atoms with Gasteiger partial charge in [-0.1, -0.05) is 30.3 Å². The molecule has 1 saturated heterocycles. The van der Waals surface area contributed by atoms with Gasteiger partial charge in [-0.15, -0.1) is 11.3 Å². The molecule has 0 atom stereocenters. The van der Waals surface area contributed by atoms with Gasteiger partial charge in [0.2, 0.25) is 5.91 Å². The summed E-state index contributed by atoms with van der Waals surface area (Å²) in [5.74, 6) is 0.597. The molecular formula is C20H25N3OS. The van der Waals surface area contributed by atoms with Gasteiger partial charge in [-0.2, -0.15) is 0 Å². The second-order valence-corrected chi connectivity index (χ2v) is 8.17. The van der Waals surface area contributed by atoms with Gasteiger partial charge in [0.05, 0.1) is 10.7 Å². The lowest BCUT2D eigenvalue weighted by atomic mass is 10.0. The molecule has 4 nitrogen and oxygen atoms in total. The quantitative estimate of drug-likeness (QED) is 0.865. The number of hydrogen-bond acceptors (Lipinski definition) is 4. The number of amides is 1. The van der Waals surface area contributed by atoms with E-state index in [4.69, 9.17) is 4.98 Å². The molecule has 4 rings (SSSR count). The highest BCUT2D eigenvalue weighted by Crippen LogP contribution is 2.29. The lowest BCUT2D eigenvalue weighted by Crippen LogP contribution is -2.44. The Morgan fingerprint density at radius 3 is 2.64 bits per heavy atom. The highest BCUT2D eigenvalue weighted by atomic mass is 32.1. The van der Waals surface area contributed by atoms with E-state index in [1.807, 2.05) is 6.07 Å². The predicted molar refractivity (Wildman–Crippen MR) is 101 cm³/mol. The first-order valence-electron chi connectivity index (χ1n) is 9.26. The maximum atomic E-state index is 11.9. The fourth-order valence-electron chi connectivity index (χ4n) is 3.40. The van der Waals surface area contributed by atoms with Crippen LogP contribution in [0.2, 0.25) is 0 Å². The summed E-state index contributed by atoms with van der Waals surface area (Å²) >= 11 is 1.76. The number of benzene rings is 1. The van der Waals surface area contributed by atoms with Gasteiger partial charge in [0.25, 0.3) is 0 Å². The molecule has 1 aromatic heterocycles. The molecule has 1 N–H and O–H groups in total. The van der Waals surface area contributed by atoms with Gasteiger partial charge in [-0.05, 0) is 31.2 Å². The molecule has 1 aliphatic heterocycles. The van der Waals surface area contributed by atoms with Crippen LogP contribution in [0.5, 0.6) is 0 Å². The molecule has 25 heavy (non-hydrogen) atoms. The van der Waals surface area contributed by atoms with Gasteiger partial charge < -0.3 is 5.32 Å². The first-order valence-corrected chi connectivity index (χ1v) is 10.1. The van der Waals surface area contributed by atoms with E-state index < -0.39 is 0 Å². The molecule has 0 unspecified atom stereocenters. The van der Waals surface area contributed by atoms with E-state index in [0.29, 0.717) is 12.0 Å². The molecule has 1 saturated carbocycles. The molecule has 0 bridgehead atoms. The summed E-state index contributed by atoms with van der Waals surface area (Å²) in [7, 11) is 0. The third-order valence-corrected chi connectivity index (χ3v) is 5.96.